The van der Waals surface area contributed by atoms with Gasteiger partial charge in [-0.1, -0.05) is 65.7 Å². The highest BCUT2D eigenvalue weighted by molar-refractivity contribution is 6.32. The summed E-state index contributed by atoms with van der Waals surface area (Å²) in [5, 5.41) is 7.07. The van der Waals surface area contributed by atoms with Crippen molar-refractivity contribution >= 4 is 41.4 Å². The van der Waals surface area contributed by atoms with Crippen molar-refractivity contribution in [2.75, 3.05) is 0 Å². The topological polar surface area (TPSA) is 32.7 Å². The van der Waals surface area contributed by atoms with Crippen LogP contribution >= 0.6 is 23.2 Å². The fraction of sp³-hybridized carbons (Fsp3) is 0.111. The first-order valence-electron chi connectivity index (χ1n) is 7.17. The molecule has 0 aliphatic carbocycles. The van der Waals surface area contributed by atoms with Crippen LogP contribution in [-0.4, -0.2) is 17.1 Å². The van der Waals surface area contributed by atoms with Crippen molar-refractivity contribution < 1.29 is 4.79 Å². The number of amides is 1. The molecular weight excluding hydrogens is 331 g/mol. The van der Waals surface area contributed by atoms with Gasteiger partial charge >= 0.3 is 0 Å². The molecule has 1 heterocycles. The Bertz CT molecular complexity index is 786. The molecule has 1 amide bonds. The monoisotopic (exact) mass is 344 g/mol. The molecule has 116 valence electrons. The Hall–Kier alpha value is -2.10. The summed E-state index contributed by atoms with van der Waals surface area (Å²) < 4.78 is 0. The van der Waals surface area contributed by atoms with Gasteiger partial charge in [-0.2, -0.15) is 5.10 Å². The van der Waals surface area contributed by atoms with Gasteiger partial charge in [0.05, 0.1) is 11.8 Å². The van der Waals surface area contributed by atoms with Crippen LogP contribution in [0.3, 0.4) is 0 Å². The maximum absolute atomic E-state index is 11.3. The van der Waals surface area contributed by atoms with Gasteiger partial charge in [0.1, 0.15) is 0 Å². The van der Waals surface area contributed by atoms with E-state index in [-0.39, 0.29) is 6.04 Å². The van der Waals surface area contributed by atoms with Crippen LogP contribution in [0.2, 0.25) is 10.0 Å². The molecule has 5 heteroatoms. The molecular formula is C18H14Cl2N2O. The lowest BCUT2D eigenvalue weighted by Gasteiger charge is -2.18. The molecule has 3 nitrogen and oxygen atoms in total. The van der Waals surface area contributed by atoms with Gasteiger partial charge in [-0.3, -0.25) is 4.79 Å². The molecule has 0 aromatic heterocycles. The highest BCUT2D eigenvalue weighted by Crippen LogP contribution is 2.34. The SMILES string of the molecule is O=CN1N=C(/C=C/c2ccccc2Cl)C[C@@H]1c1ccccc1Cl. The molecule has 0 N–H and O–H groups in total. The lowest BCUT2D eigenvalue weighted by atomic mass is 10.0. The summed E-state index contributed by atoms with van der Waals surface area (Å²) in [4.78, 5) is 11.3. The second-order valence-corrected chi connectivity index (χ2v) is 5.99. The highest BCUT2D eigenvalue weighted by atomic mass is 35.5. The van der Waals surface area contributed by atoms with Crippen LogP contribution in [0.25, 0.3) is 6.08 Å². The predicted octanol–water partition coefficient (Wildman–Crippen LogP) is 4.97. The number of hydrazone groups is 1. The lowest BCUT2D eigenvalue weighted by molar-refractivity contribution is -0.119. The third-order valence-corrected chi connectivity index (χ3v) is 4.39. The standard InChI is InChI=1S/C18H14Cl2N2O/c19-16-7-3-1-5-13(16)9-10-14-11-18(22(12-23)21-14)15-6-2-4-8-17(15)20/h1-10,12,18H,11H2/b10-9+/t18-/m1/s1. The van der Waals surface area contributed by atoms with Gasteiger partial charge in [0.2, 0.25) is 6.41 Å². The first-order valence-corrected chi connectivity index (χ1v) is 7.93. The molecule has 0 saturated carbocycles. The van der Waals surface area contributed by atoms with Gasteiger partial charge in [0.25, 0.3) is 0 Å². The molecule has 23 heavy (non-hydrogen) atoms. The molecule has 0 fully saturated rings. The van der Waals surface area contributed by atoms with Gasteiger partial charge in [-0.05, 0) is 29.3 Å². The van der Waals surface area contributed by atoms with E-state index in [2.05, 4.69) is 5.10 Å². The van der Waals surface area contributed by atoms with Crippen LogP contribution in [0, 0.1) is 0 Å². The van der Waals surface area contributed by atoms with Crippen LogP contribution < -0.4 is 0 Å². The van der Waals surface area contributed by atoms with E-state index in [0.717, 1.165) is 23.2 Å². The molecule has 0 spiro atoms. The average Bonchev–Trinajstić information content (AvgIpc) is 2.97. The molecule has 1 atom stereocenters. The lowest BCUT2D eigenvalue weighted by Crippen LogP contribution is -2.17. The van der Waals surface area contributed by atoms with Crippen LogP contribution in [0.4, 0.5) is 0 Å². The summed E-state index contributed by atoms with van der Waals surface area (Å²) >= 11 is 12.4. The van der Waals surface area contributed by atoms with E-state index in [1.54, 1.807) is 0 Å². The van der Waals surface area contributed by atoms with E-state index in [9.17, 15) is 4.79 Å². The van der Waals surface area contributed by atoms with E-state index in [1.807, 2.05) is 60.7 Å². The van der Waals surface area contributed by atoms with Gasteiger partial charge in [-0.15, -0.1) is 0 Å². The summed E-state index contributed by atoms with van der Waals surface area (Å²) in [7, 11) is 0. The maximum Gasteiger partial charge on any atom is 0.230 e. The number of carbonyl (C=O) groups excluding carboxylic acids is 1. The minimum atomic E-state index is -0.174. The Kier molecular flexibility index (Phi) is 4.79. The molecule has 0 unspecified atom stereocenters. The van der Waals surface area contributed by atoms with Crippen molar-refractivity contribution in [3.8, 4) is 0 Å². The van der Waals surface area contributed by atoms with Crippen molar-refractivity contribution in [1.82, 2.24) is 5.01 Å². The number of carbonyl (C=O) groups is 1. The number of hydrogen-bond donors (Lipinski definition) is 0. The third-order valence-electron chi connectivity index (χ3n) is 3.70. The van der Waals surface area contributed by atoms with Crippen LogP contribution in [0.15, 0.2) is 59.7 Å². The van der Waals surface area contributed by atoms with Gasteiger partial charge in [-0.25, -0.2) is 5.01 Å². The summed E-state index contributed by atoms with van der Waals surface area (Å²) in [5.41, 5.74) is 2.61. The van der Waals surface area contributed by atoms with Gasteiger partial charge in [0, 0.05) is 16.5 Å². The average molecular weight is 345 g/mol. The smallest absolute Gasteiger partial charge is 0.230 e. The summed E-state index contributed by atoms with van der Waals surface area (Å²) in [6.07, 6.45) is 5.13. The number of rotatable bonds is 4. The Morgan fingerprint density at radius 1 is 1.00 bits per heavy atom. The first kappa shape index (κ1) is 15.8. The van der Waals surface area contributed by atoms with Crippen molar-refractivity contribution in [3.05, 3.63) is 75.8 Å². The number of nitrogens with zero attached hydrogens (tertiary/aromatic N) is 2. The number of benzene rings is 2. The van der Waals surface area contributed by atoms with Crippen LogP contribution in [-0.2, 0) is 4.79 Å². The predicted molar refractivity (Wildman–Crippen MR) is 94.6 cm³/mol. The molecule has 0 saturated heterocycles. The van der Waals surface area contributed by atoms with Crippen molar-refractivity contribution in [2.45, 2.75) is 12.5 Å². The Labute approximate surface area is 144 Å². The van der Waals surface area contributed by atoms with E-state index < -0.39 is 0 Å². The zero-order valence-corrected chi connectivity index (χ0v) is 13.7. The van der Waals surface area contributed by atoms with Gasteiger partial charge in [0.15, 0.2) is 0 Å². The zero-order chi connectivity index (χ0) is 16.2. The van der Waals surface area contributed by atoms with Crippen molar-refractivity contribution in [3.63, 3.8) is 0 Å². The fourth-order valence-corrected chi connectivity index (χ4v) is 3.00. The number of allylic oxidation sites excluding steroid dienone is 1. The van der Waals surface area contributed by atoms with E-state index in [1.165, 1.54) is 5.01 Å². The van der Waals surface area contributed by atoms with Crippen molar-refractivity contribution in [1.29, 1.82) is 0 Å². The maximum atomic E-state index is 11.3. The molecule has 2 aromatic rings. The molecule has 3 rings (SSSR count). The van der Waals surface area contributed by atoms with Gasteiger partial charge < -0.3 is 0 Å². The third kappa shape index (κ3) is 3.46. The van der Waals surface area contributed by atoms with Crippen molar-refractivity contribution in [2.24, 2.45) is 5.10 Å². The summed E-state index contributed by atoms with van der Waals surface area (Å²) in [6.45, 7) is 0. The largest absolute Gasteiger partial charge is 0.277 e. The highest BCUT2D eigenvalue weighted by Gasteiger charge is 2.28. The second kappa shape index (κ2) is 6.99. The minimum absolute atomic E-state index is 0.174. The minimum Gasteiger partial charge on any atom is -0.277 e. The summed E-state index contributed by atoms with van der Waals surface area (Å²) in [6, 6.07) is 14.9. The first-order chi connectivity index (χ1) is 11.2. The fourth-order valence-electron chi connectivity index (χ4n) is 2.54. The molecule has 1 aliphatic heterocycles. The Morgan fingerprint density at radius 2 is 1.70 bits per heavy atom. The Morgan fingerprint density at radius 3 is 2.39 bits per heavy atom. The molecule has 0 radical (unpaired) electrons. The van der Waals surface area contributed by atoms with Crippen LogP contribution in [0.5, 0.6) is 0 Å². The second-order valence-electron chi connectivity index (χ2n) is 5.17. The zero-order valence-electron chi connectivity index (χ0n) is 12.2. The van der Waals surface area contributed by atoms with E-state index in [0.29, 0.717) is 16.5 Å². The van der Waals surface area contributed by atoms with E-state index in [4.69, 9.17) is 23.2 Å². The molecule has 1 aliphatic rings. The quantitative estimate of drug-likeness (QED) is 0.721. The molecule has 2 aromatic carbocycles. The summed E-state index contributed by atoms with van der Waals surface area (Å²) in [5.74, 6) is 0. The van der Waals surface area contributed by atoms with E-state index >= 15 is 0 Å². The Balaban J connectivity index is 1.82. The number of hydrogen-bond acceptors (Lipinski definition) is 2. The normalized spacial score (nSPS) is 17.6. The molecule has 0 bridgehead atoms. The number of halogens is 2. The van der Waals surface area contributed by atoms with Crippen LogP contribution in [0.1, 0.15) is 23.6 Å².